The predicted molar refractivity (Wildman–Crippen MR) is 101 cm³/mol. The minimum absolute atomic E-state index is 0.127. The highest BCUT2D eigenvalue weighted by atomic mass is 35.5. The summed E-state index contributed by atoms with van der Waals surface area (Å²) in [6.45, 7) is 1.42. The van der Waals surface area contributed by atoms with Crippen molar-refractivity contribution in [3.05, 3.63) is 58.1 Å². The van der Waals surface area contributed by atoms with Gasteiger partial charge in [0, 0.05) is 12.2 Å². The van der Waals surface area contributed by atoms with Crippen LogP contribution in [0.15, 0.2) is 42.5 Å². The molecule has 0 saturated heterocycles. The SMILES string of the molecule is NCCOCCOC(=O)Cc1ccccc1Nc1c(Cl)cccc1Cl. The van der Waals surface area contributed by atoms with Crippen LogP contribution in [0.1, 0.15) is 5.56 Å². The summed E-state index contributed by atoms with van der Waals surface area (Å²) in [6, 6.07) is 12.7. The van der Waals surface area contributed by atoms with Crippen LogP contribution in [-0.4, -0.2) is 32.3 Å². The molecular formula is C18H20Cl2N2O3. The largest absolute Gasteiger partial charge is 0.463 e. The Morgan fingerprint density at radius 1 is 1.00 bits per heavy atom. The van der Waals surface area contributed by atoms with Gasteiger partial charge in [0.2, 0.25) is 0 Å². The lowest BCUT2D eigenvalue weighted by atomic mass is 10.1. The third-order valence-corrected chi connectivity index (χ3v) is 3.96. The molecule has 0 atom stereocenters. The number of carbonyl (C=O) groups excluding carboxylic acids is 1. The number of nitrogens with one attached hydrogen (secondary N) is 1. The molecule has 0 amide bonds. The molecule has 0 fully saturated rings. The van der Waals surface area contributed by atoms with E-state index in [1.165, 1.54) is 0 Å². The molecule has 0 aliphatic rings. The van der Waals surface area contributed by atoms with E-state index in [1.54, 1.807) is 18.2 Å². The smallest absolute Gasteiger partial charge is 0.310 e. The minimum Gasteiger partial charge on any atom is -0.463 e. The monoisotopic (exact) mass is 382 g/mol. The molecule has 7 heteroatoms. The van der Waals surface area contributed by atoms with Crippen LogP contribution in [0.2, 0.25) is 10.0 Å². The fourth-order valence-corrected chi connectivity index (χ4v) is 2.65. The van der Waals surface area contributed by atoms with Crippen LogP contribution in [0, 0.1) is 0 Å². The third kappa shape index (κ3) is 6.21. The molecule has 0 spiro atoms. The fourth-order valence-electron chi connectivity index (χ4n) is 2.15. The summed E-state index contributed by atoms with van der Waals surface area (Å²) < 4.78 is 10.3. The van der Waals surface area contributed by atoms with E-state index in [-0.39, 0.29) is 19.0 Å². The van der Waals surface area contributed by atoms with Gasteiger partial charge in [-0.3, -0.25) is 4.79 Å². The van der Waals surface area contributed by atoms with E-state index in [2.05, 4.69) is 5.32 Å². The third-order valence-electron chi connectivity index (χ3n) is 3.33. The summed E-state index contributed by atoms with van der Waals surface area (Å²) >= 11 is 12.4. The van der Waals surface area contributed by atoms with Crippen molar-refractivity contribution in [3.8, 4) is 0 Å². The number of para-hydroxylation sites is 2. The minimum atomic E-state index is -0.337. The first-order valence-electron chi connectivity index (χ1n) is 7.84. The molecule has 0 saturated carbocycles. The lowest BCUT2D eigenvalue weighted by Gasteiger charge is -2.14. The number of hydrogen-bond donors (Lipinski definition) is 2. The molecule has 0 unspecified atom stereocenters. The van der Waals surface area contributed by atoms with Gasteiger partial charge in [-0.2, -0.15) is 0 Å². The Hall–Kier alpha value is -1.79. The van der Waals surface area contributed by atoms with Crippen LogP contribution >= 0.6 is 23.2 Å². The van der Waals surface area contributed by atoms with Crippen LogP contribution in [0.25, 0.3) is 0 Å². The van der Waals surface area contributed by atoms with Gasteiger partial charge in [-0.1, -0.05) is 47.5 Å². The van der Waals surface area contributed by atoms with Crippen LogP contribution in [0.5, 0.6) is 0 Å². The average Bonchev–Trinajstić information content (AvgIpc) is 2.59. The lowest BCUT2D eigenvalue weighted by molar-refractivity contribution is -0.144. The van der Waals surface area contributed by atoms with Gasteiger partial charge in [-0.15, -0.1) is 0 Å². The zero-order chi connectivity index (χ0) is 18.1. The van der Waals surface area contributed by atoms with E-state index in [4.69, 9.17) is 38.4 Å². The van der Waals surface area contributed by atoms with Gasteiger partial charge in [-0.25, -0.2) is 0 Å². The van der Waals surface area contributed by atoms with Gasteiger partial charge in [0.05, 0.1) is 35.4 Å². The Morgan fingerprint density at radius 3 is 2.44 bits per heavy atom. The topological polar surface area (TPSA) is 73.6 Å². The van der Waals surface area contributed by atoms with Crippen molar-refractivity contribution in [2.24, 2.45) is 5.73 Å². The Morgan fingerprint density at radius 2 is 1.72 bits per heavy atom. The normalized spacial score (nSPS) is 10.5. The lowest BCUT2D eigenvalue weighted by Crippen LogP contribution is -2.16. The summed E-state index contributed by atoms with van der Waals surface area (Å²) in [6.07, 6.45) is 0.127. The summed E-state index contributed by atoms with van der Waals surface area (Å²) in [5.41, 5.74) is 7.44. The van der Waals surface area contributed by atoms with E-state index < -0.39 is 0 Å². The quantitative estimate of drug-likeness (QED) is 0.509. The molecule has 5 nitrogen and oxygen atoms in total. The highest BCUT2D eigenvalue weighted by molar-refractivity contribution is 6.39. The second-order valence-corrected chi connectivity index (χ2v) is 5.99. The summed E-state index contributed by atoms with van der Waals surface area (Å²) in [5.74, 6) is -0.337. The van der Waals surface area contributed by atoms with Crippen molar-refractivity contribution < 1.29 is 14.3 Å². The first-order chi connectivity index (χ1) is 12.1. The summed E-state index contributed by atoms with van der Waals surface area (Å²) in [5, 5.41) is 4.19. The number of halogens is 2. The maximum absolute atomic E-state index is 12.0. The fraction of sp³-hybridized carbons (Fsp3) is 0.278. The molecule has 2 aromatic rings. The van der Waals surface area contributed by atoms with Gasteiger partial charge in [0.15, 0.2) is 0 Å². The number of anilines is 2. The number of ether oxygens (including phenoxy) is 2. The van der Waals surface area contributed by atoms with E-state index in [0.29, 0.717) is 35.5 Å². The van der Waals surface area contributed by atoms with Gasteiger partial charge < -0.3 is 20.5 Å². The Balaban J connectivity index is 1.99. The Labute approximate surface area is 157 Å². The van der Waals surface area contributed by atoms with Crippen molar-refractivity contribution in [1.29, 1.82) is 0 Å². The average molecular weight is 383 g/mol. The molecule has 2 aromatic carbocycles. The second kappa shape index (κ2) is 10.3. The summed E-state index contributed by atoms with van der Waals surface area (Å²) in [7, 11) is 0. The standard InChI is InChI=1S/C18H20Cl2N2O3/c19-14-5-3-6-15(20)18(14)22-16-7-2-1-4-13(16)12-17(23)25-11-10-24-9-8-21/h1-7,22H,8-12,21H2. The first-order valence-corrected chi connectivity index (χ1v) is 8.59. The molecule has 3 N–H and O–H groups in total. The van der Waals surface area contributed by atoms with Gasteiger partial charge >= 0.3 is 5.97 Å². The van der Waals surface area contributed by atoms with Crippen molar-refractivity contribution in [2.45, 2.75) is 6.42 Å². The van der Waals surface area contributed by atoms with Crippen molar-refractivity contribution in [3.63, 3.8) is 0 Å². The van der Waals surface area contributed by atoms with Crippen LogP contribution in [0.4, 0.5) is 11.4 Å². The molecule has 0 heterocycles. The summed E-state index contributed by atoms with van der Waals surface area (Å²) in [4.78, 5) is 12.0. The van der Waals surface area contributed by atoms with Gasteiger partial charge in [0.1, 0.15) is 6.61 Å². The van der Waals surface area contributed by atoms with E-state index in [0.717, 1.165) is 11.3 Å². The number of rotatable bonds is 9. The van der Waals surface area contributed by atoms with Gasteiger partial charge in [-0.05, 0) is 23.8 Å². The first kappa shape index (κ1) is 19.5. The van der Waals surface area contributed by atoms with Crippen LogP contribution in [-0.2, 0) is 20.7 Å². The molecular weight excluding hydrogens is 363 g/mol. The zero-order valence-corrected chi connectivity index (χ0v) is 15.1. The number of carbonyl (C=O) groups is 1. The molecule has 0 radical (unpaired) electrons. The molecule has 25 heavy (non-hydrogen) atoms. The van der Waals surface area contributed by atoms with Crippen LogP contribution < -0.4 is 11.1 Å². The highest BCUT2D eigenvalue weighted by Crippen LogP contribution is 2.33. The molecule has 0 aromatic heterocycles. The Kier molecular flexibility index (Phi) is 8.01. The van der Waals surface area contributed by atoms with Crippen LogP contribution in [0.3, 0.4) is 0 Å². The number of nitrogens with two attached hydrogens (primary N) is 1. The molecule has 0 aliphatic heterocycles. The number of benzene rings is 2. The predicted octanol–water partition coefficient (Wildman–Crippen LogP) is 3.80. The van der Waals surface area contributed by atoms with Gasteiger partial charge in [0.25, 0.3) is 0 Å². The second-order valence-electron chi connectivity index (χ2n) is 5.18. The maximum Gasteiger partial charge on any atom is 0.310 e. The zero-order valence-electron chi connectivity index (χ0n) is 13.6. The molecule has 0 bridgehead atoms. The van der Waals surface area contributed by atoms with E-state index >= 15 is 0 Å². The Bertz CT molecular complexity index is 690. The molecule has 0 aliphatic carbocycles. The highest BCUT2D eigenvalue weighted by Gasteiger charge is 2.12. The molecule has 134 valence electrons. The van der Waals surface area contributed by atoms with Crippen molar-refractivity contribution in [1.82, 2.24) is 0 Å². The maximum atomic E-state index is 12.0. The van der Waals surface area contributed by atoms with Crippen molar-refractivity contribution in [2.75, 3.05) is 31.7 Å². The van der Waals surface area contributed by atoms with Crippen molar-refractivity contribution >= 4 is 40.5 Å². The van der Waals surface area contributed by atoms with E-state index in [1.807, 2.05) is 24.3 Å². The number of esters is 1. The number of hydrogen-bond acceptors (Lipinski definition) is 5. The molecule has 2 rings (SSSR count). The van der Waals surface area contributed by atoms with E-state index in [9.17, 15) is 4.79 Å².